The van der Waals surface area contributed by atoms with E-state index in [0.717, 1.165) is 31.3 Å². The summed E-state index contributed by atoms with van der Waals surface area (Å²) in [6, 6.07) is 0. The van der Waals surface area contributed by atoms with Gasteiger partial charge >= 0.3 is 0 Å². The van der Waals surface area contributed by atoms with Crippen molar-refractivity contribution >= 4 is 0 Å². The first kappa shape index (κ1) is 10.1. The fourth-order valence-electron chi connectivity index (χ4n) is 2.41. The lowest BCUT2D eigenvalue weighted by molar-refractivity contribution is 0.319. The van der Waals surface area contributed by atoms with Crippen LogP contribution in [0.25, 0.3) is 0 Å². The molecule has 0 radical (unpaired) electrons. The van der Waals surface area contributed by atoms with Crippen LogP contribution in [0.2, 0.25) is 0 Å². The highest BCUT2D eigenvalue weighted by Crippen LogP contribution is 2.33. The van der Waals surface area contributed by atoms with Gasteiger partial charge in [0, 0.05) is 19.0 Å². The van der Waals surface area contributed by atoms with Crippen molar-refractivity contribution in [3.8, 4) is 0 Å². The van der Waals surface area contributed by atoms with Crippen LogP contribution in [-0.2, 0) is 0 Å². The van der Waals surface area contributed by atoms with Crippen LogP contribution in [0.1, 0.15) is 31.0 Å². The zero-order valence-electron chi connectivity index (χ0n) is 9.27. The van der Waals surface area contributed by atoms with E-state index in [-0.39, 0.29) is 5.82 Å². The minimum Gasteiger partial charge on any atom is -0.302 e. The lowest BCUT2D eigenvalue weighted by atomic mass is 10.1. The third-order valence-corrected chi connectivity index (χ3v) is 3.49. The molecule has 0 bridgehead atoms. The molecule has 2 heterocycles. The van der Waals surface area contributed by atoms with Crippen molar-refractivity contribution in [3.05, 3.63) is 24.0 Å². The Labute approximate surface area is 94.7 Å². The molecule has 3 nitrogen and oxygen atoms in total. The third kappa shape index (κ3) is 2.21. The molecule has 0 N–H and O–H groups in total. The van der Waals surface area contributed by atoms with E-state index in [0.29, 0.717) is 5.92 Å². The number of likely N-dealkylation sites (tertiary alicyclic amines) is 1. The molecule has 1 saturated heterocycles. The van der Waals surface area contributed by atoms with Gasteiger partial charge in [-0.2, -0.15) is 0 Å². The number of rotatable bonds is 3. The van der Waals surface area contributed by atoms with Crippen LogP contribution in [0.5, 0.6) is 0 Å². The smallest absolute Gasteiger partial charge is 0.159 e. The Kier molecular flexibility index (Phi) is 2.59. The van der Waals surface area contributed by atoms with E-state index < -0.39 is 0 Å². The van der Waals surface area contributed by atoms with Gasteiger partial charge in [0.1, 0.15) is 5.82 Å². The first-order valence-corrected chi connectivity index (χ1v) is 6.01. The molecule has 0 amide bonds. The Morgan fingerprint density at radius 2 is 2.00 bits per heavy atom. The van der Waals surface area contributed by atoms with Gasteiger partial charge in [-0.05, 0) is 31.7 Å². The van der Waals surface area contributed by atoms with E-state index in [1.54, 1.807) is 0 Å². The normalized spacial score (nSPS) is 26.2. The van der Waals surface area contributed by atoms with E-state index in [4.69, 9.17) is 0 Å². The van der Waals surface area contributed by atoms with Crippen LogP contribution < -0.4 is 0 Å². The fourth-order valence-corrected chi connectivity index (χ4v) is 2.41. The standard InChI is InChI=1S/C12H16FN3/c13-11-5-14-12(15-6-11)10-3-4-16(8-10)7-9-1-2-9/h5-6,9-10H,1-4,7-8H2. The van der Waals surface area contributed by atoms with Crippen LogP contribution in [0.15, 0.2) is 12.4 Å². The second-order valence-corrected chi connectivity index (χ2v) is 4.95. The van der Waals surface area contributed by atoms with Crippen molar-refractivity contribution in [1.82, 2.24) is 14.9 Å². The van der Waals surface area contributed by atoms with E-state index in [1.165, 1.54) is 31.8 Å². The molecule has 3 rings (SSSR count). The zero-order valence-corrected chi connectivity index (χ0v) is 9.27. The summed E-state index contributed by atoms with van der Waals surface area (Å²) in [5.41, 5.74) is 0. The fraction of sp³-hybridized carbons (Fsp3) is 0.667. The summed E-state index contributed by atoms with van der Waals surface area (Å²) in [5.74, 6) is 1.79. The van der Waals surface area contributed by atoms with Crippen molar-refractivity contribution in [2.75, 3.05) is 19.6 Å². The largest absolute Gasteiger partial charge is 0.302 e. The van der Waals surface area contributed by atoms with E-state index in [9.17, 15) is 4.39 Å². The quantitative estimate of drug-likeness (QED) is 0.779. The van der Waals surface area contributed by atoms with Crippen LogP contribution in [0.3, 0.4) is 0 Å². The summed E-state index contributed by atoms with van der Waals surface area (Å²) in [6.07, 6.45) is 6.44. The lowest BCUT2D eigenvalue weighted by Crippen LogP contribution is -2.23. The van der Waals surface area contributed by atoms with Gasteiger partial charge in [-0.25, -0.2) is 14.4 Å². The van der Waals surface area contributed by atoms with Gasteiger partial charge in [0.2, 0.25) is 0 Å². The molecule has 1 aliphatic carbocycles. The number of hydrogen-bond acceptors (Lipinski definition) is 3. The zero-order chi connectivity index (χ0) is 11.0. The Morgan fingerprint density at radius 3 is 2.69 bits per heavy atom. The lowest BCUT2D eigenvalue weighted by Gasteiger charge is -2.14. The summed E-state index contributed by atoms with van der Waals surface area (Å²) >= 11 is 0. The van der Waals surface area contributed by atoms with Crippen LogP contribution in [0, 0.1) is 11.7 Å². The molecule has 2 fully saturated rings. The highest BCUT2D eigenvalue weighted by molar-refractivity contribution is 5.02. The van der Waals surface area contributed by atoms with Gasteiger partial charge in [0.15, 0.2) is 5.82 Å². The first-order chi connectivity index (χ1) is 7.81. The van der Waals surface area contributed by atoms with E-state index in [1.807, 2.05) is 0 Å². The summed E-state index contributed by atoms with van der Waals surface area (Å²) in [7, 11) is 0. The molecule has 1 aromatic rings. The predicted molar refractivity (Wildman–Crippen MR) is 58.5 cm³/mol. The summed E-state index contributed by atoms with van der Waals surface area (Å²) in [5, 5.41) is 0. The number of hydrogen-bond donors (Lipinski definition) is 0. The molecule has 1 aromatic heterocycles. The van der Waals surface area contributed by atoms with Gasteiger partial charge in [0.05, 0.1) is 12.4 Å². The van der Waals surface area contributed by atoms with Gasteiger partial charge < -0.3 is 4.90 Å². The predicted octanol–water partition coefficient (Wildman–Crippen LogP) is 1.81. The highest BCUT2D eigenvalue weighted by atomic mass is 19.1. The van der Waals surface area contributed by atoms with Crippen molar-refractivity contribution in [2.24, 2.45) is 5.92 Å². The molecule has 1 aliphatic heterocycles. The Bertz CT molecular complexity index is 361. The Hall–Kier alpha value is -1.03. The molecule has 1 unspecified atom stereocenters. The van der Waals surface area contributed by atoms with E-state index >= 15 is 0 Å². The SMILES string of the molecule is Fc1cnc(C2CCN(CC3CC3)C2)nc1. The molecule has 4 heteroatoms. The van der Waals surface area contributed by atoms with Gasteiger partial charge in [-0.1, -0.05) is 0 Å². The topological polar surface area (TPSA) is 29.0 Å². The monoisotopic (exact) mass is 221 g/mol. The molecule has 0 spiro atoms. The summed E-state index contributed by atoms with van der Waals surface area (Å²) in [4.78, 5) is 10.6. The average molecular weight is 221 g/mol. The van der Waals surface area contributed by atoms with Crippen LogP contribution >= 0.6 is 0 Å². The second-order valence-electron chi connectivity index (χ2n) is 4.95. The third-order valence-electron chi connectivity index (χ3n) is 3.49. The first-order valence-electron chi connectivity index (χ1n) is 6.01. The maximum Gasteiger partial charge on any atom is 0.159 e. The molecule has 1 atom stereocenters. The molecule has 16 heavy (non-hydrogen) atoms. The average Bonchev–Trinajstić information content (AvgIpc) is 2.97. The van der Waals surface area contributed by atoms with Gasteiger partial charge in [-0.3, -0.25) is 0 Å². The summed E-state index contributed by atoms with van der Waals surface area (Å²) < 4.78 is 12.7. The highest BCUT2D eigenvalue weighted by Gasteiger charge is 2.30. The number of halogens is 1. The number of aromatic nitrogens is 2. The van der Waals surface area contributed by atoms with Gasteiger partial charge in [0.25, 0.3) is 0 Å². The Balaban J connectivity index is 1.61. The minimum absolute atomic E-state index is 0.350. The van der Waals surface area contributed by atoms with Gasteiger partial charge in [-0.15, -0.1) is 0 Å². The Morgan fingerprint density at radius 1 is 1.25 bits per heavy atom. The molecule has 0 aromatic carbocycles. The van der Waals surface area contributed by atoms with Crippen molar-refractivity contribution in [2.45, 2.75) is 25.2 Å². The number of nitrogens with zero attached hydrogens (tertiary/aromatic N) is 3. The molecule has 2 aliphatic rings. The molecular weight excluding hydrogens is 205 g/mol. The van der Waals surface area contributed by atoms with Crippen molar-refractivity contribution in [3.63, 3.8) is 0 Å². The maximum absolute atomic E-state index is 12.7. The second kappa shape index (κ2) is 4.09. The molecule has 86 valence electrons. The van der Waals surface area contributed by atoms with E-state index in [2.05, 4.69) is 14.9 Å². The van der Waals surface area contributed by atoms with Crippen molar-refractivity contribution < 1.29 is 4.39 Å². The van der Waals surface area contributed by atoms with Crippen molar-refractivity contribution in [1.29, 1.82) is 0 Å². The maximum atomic E-state index is 12.7. The molecule has 1 saturated carbocycles. The molecular formula is C12H16FN3. The minimum atomic E-state index is -0.350. The van der Waals surface area contributed by atoms with Crippen LogP contribution in [0.4, 0.5) is 4.39 Å². The summed E-state index contributed by atoms with van der Waals surface area (Å²) in [6.45, 7) is 3.42. The van der Waals surface area contributed by atoms with Crippen LogP contribution in [-0.4, -0.2) is 34.5 Å².